The number of ether oxygens (including phenoxy) is 1. The number of piperidine rings is 1. The minimum absolute atomic E-state index is 0.113. The van der Waals surface area contributed by atoms with Crippen molar-refractivity contribution in [3.05, 3.63) is 23.4 Å². The molecule has 0 bridgehead atoms. The average Bonchev–Trinajstić information content (AvgIpc) is 2.46. The molecule has 1 unspecified atom stereocenters. The van der Waals surface area contributed by atoms with Crippen LogP contribution < -0.4 is 10.6 Å². The molecular formula is C14H22N4O2. The van der Waals surface area contributed by atoms with Gasteiger partial charge in [0.2, 0.25) is 0 Å². The van der Waals surface area contributed by atoms with Gasteiger partial charge in [0.05, 0.1) is 6.61 Å². The fraction of sp³-hybridized carbons (Fsp3) is 0.571. The van der Waals surface area contributed by atoms with Gasteiger partial charge in [0, 0.05) is 31.5 Å². The molecule has 0 radical (unpaired) electrons. The Morgan fingerprint density at radius 1 is 1.60 bits per heavy atom. The summed E-state index contributed by atoms with van der Waals surface area (Å²) in [5, 5.41) is 11.9. The highest BCUT2D eigenvalue weighted by atomic mass is 16.5. The lowest BCUT2D eigenvalue weighted by Crippen LogP contribution is -2.37. The summed E-state index contributed by atoms with van der Waals surface area (Å²) in [4.78, 5) is 6.81. The van der Waals surface area contributed by atoms with Crippen LogP contribution in [0.4, 0.5) is 5.82 Å². The van der Waals surface area contributed by atoms with Crippen LogP contribution in [0, 0.1) is 12.8 Å². The first-order valence-corrected chi connectivity index (χ1v) is 6.84. The highest BCUT2D eigenvalue weighted by molar-refractivity contribution is 5.97. The van der Waals surface area contributed by atoms with Gasteiger partial charge < -0.3 is 20.6 Å². The third-order valence-corrected chi connectivity index (χ3v) is 3.59. The molecular weight excluding hydrogens is 256 g/mol. The highest BCUT2D eigenvalue weighted by Crippen LogP contribution is 2.23. The number of nitrogens with zero attached hydrogens (tertiary/aromatic N) is 3. The number of aryl methyl sites for hydroxylation is 1. The molecule has 1 aromatic rings. The van der Waals surface area contributed by atoms with Crippen LogP contribution in [-0.2, 0) is 4.74 Å². The Hall–Kier alpha value is -1.82. The van der Waals surface area contributed by atoms with E-state index < -0.39 is 0 Å². The SMILES string of the molecule is COCC1CCCN(c2cc(/C(N)=N/O)cc(C)n2)C1. The van der Waals surface area contributed by atoms with Gasteiger partial charge in [0.25, 0.3) is 0 Å². The topological polar surface area (TPSA) is 84.0 Å². The quantitative estimate of drug-likeness (QED) is 0.376. The van der Waals surface area contributed by atoms with Crippen LogP contribution in [-0.4, -0.2) is 42.8 Å². The predicted octanol–water partition coefficient (Wildman–Crippen LogP) is 1.35. The zero-order valence-corrected chi connectivity index (χ0v) is 12.0. The average molecular weight is 278 g/mol. The first-order chi connectivity index (χ1) is 9.63. The van der Waals surface area contributed by atoms with E-state index in [2.05, 4.69) is 15.0 Å². The van der Waals surface area contributed by atoms with Gasteiger partial charge in [-0.2, -0.15) is 0 Å². The van der Waals surface area contributed by atoms with E-state index in [-0.39, 0.29) is 5.84 Å². The first kappa shape index (κ1) is 14.6. The van der Waals surface area contributed by atoms with Gasteiger partial charge in [0.1, 0.15) is 5.82 Å². The molecule has 110 valence electrons. The zero-order valence-electron chi connectivity index (χ0n) is 12.0. The Bertz CT molecular complexity index is 488. The van der Waals surface area contributed by atoms with Crippen molar-refractivity contribution in [3.8, 4) is 0 Å². The number of amidine groups is 1. The molecule has 1 aromatic heterocycles. The number of oxime groups is 1. The molecule has 1 atom stereocenters. The fourth-order valence-corrected chi connectivity index (χ4v) is 2.66. The molecule has 0 saturated carbocycles. The van der Waals surface area contributed by atoms with Crippen LogP contribution >= 0.6 is 0 Å². The maximum absolute atomic E-state index is 8.80. The molecule has 6 nitrogen and oxygen atoms in total. The van der Waals surface area contributed by atoms with Crippen LogP contribution in [0.15, 0.2) is 17.3 Å². The van der Waals surface area contributed by atoms with Gasteiger partial charge in [-0.3, -0.25) is 0 Å². The van der Waals surface area contributed by atoms with E-state index in [1.165, 1.54) is 6.42 Å². The van der Waals surface area contributed by atoms with Crippen molar-refractivity contribution in [2.24, 2.45) is 16.8 Å². The van der Waals surface area contributed by atoms with E-state index in [4.69, 9.17) is 15.7 Å². The first-order valence-electron chi connectivity index (χ1n) is 6.84. The summed E-state index contributed by atoms with van der Waals surface area (Å²) < 4.78 is 5.25. The van der Waals surface area contributed by atoms with E-state index in [0.717, 1.165) is 37.6 Å². The highest BCUT2D eigenvalue weighted by Gasteiger charge is 2.21. The van der Waals surface area contributed by atoms with Gasteiger partial charge in [-0.15, -0.1) is 0 Å². The van der Waals surface area contributed by atoms with Crippen molar-refractivity contribution in [2.45, 2.75) is 19.8 Å². The molecule has 1 aliphatic rings. The molecule has 0 amide bonds. The second-order valence-electron chi connectivity index (χ2n) is 5.25. The summed E-state index contributed by atoms with van der Waals surface area (Å²) in [6.07, 6.45) is 2.31. The number of methoxy groups -OCH3 is 1. The molecule has 1 saturated heterocycles. The molecule has 0 spiro atoms. The zero-order chi connectivity index (χ0) is 14.5. The number of nitrogens with two attached hydrogens (primary N) is 1. The standard InChI is InChI=1S/C14H22N4O2/c1-10-6-12(14(15)17-19)7-13(16-10)18-5-3-4-11(8-18)9-20-2/h6-7,11,19H,3-5,8-9H2,1-2H3,(H2,15,17). The summed E-state index contributed by atoms with van der Waals surface area (Å²) in [5.41, 5.74) is 7.23. The Balaban J connectivity index is 2.21. The Labute approximate surface area is 119 Å². The number of hydrogen-bond donors (Lipinski definition) is 2. The second-order valence-corrected chi connectivity index (χ2v) is 5.25. The number of anilines is 1. The molecule has 0 aliphatic carbocycles. The predicted molar refractivity (Wildman–Crippen MR) is 78.3 cm³/mol. The summed E-state index contributed by atoms with van der Waals surface area (Å²) in [7, 11) is 1.74. The number of hydrogen-bond acceptors (Lipinski definition) is 5. The van der Waals surface area contributed by atoms with Crippen molar-refractivity contribution < 1.29 is 9.94 Å². The molecule has 6 heteroatoms. The van der Waals surface area contributed by atoms with Crippen molar-refractivity contribution in [1.82, 2.24) is 4.98 Å². The van der Waals surface area contributed by atoms with E-state index >= 15 is 0 Å². The van der Waals surface area contributed by atoms with Crippen molar-refractivity contribution in [1.29, 1.82) is 0 Å². The Morgan fingerprint density at radius 2 is 2.40 bits per heavy atom. The largest absolute Gasteiger partial charge is 0.409 e. The van der Waals surface area contributed by atoms with Crippen molar-refractivity contribution in [2.75, 3.05) is 31.7 Å². The molecule has 0 aromatic carbocycles. The van der Waals surface area contributed by atoms with Crippen LogP contribution in [0.3, 0.4) is 0 Å². The van der Waals surface area contributed by atoms with Gasteiger partial charge in [-0.05, 0) is 37.8 Å². The number of aromatic nitrogens is 1. The molecule has 1 aliphatic heterocycles. The van der Waals surface area contributed by atoms with Crippen LogP contribution in [0.5, 0.6) is 0 Å². The summed E-state index contributed by atoms with van der Waals surface area (Å²) in [6, 6.07) is 3.69. The van der Waals surface area contributed by atoms with E-state index in [1.54, 1.807) is 7.11 Å². The van der Waals surface area contributed by atoms with Gasteiger partial charge in [-0.1, -0.05) is 5.16 Å². The van der Waals surface area contributed by atoms with Crippen molar-refractivity contribution >= 4 is 11.7 Å². The van der Waals surface area contributed by atoms with Gasteiger partial charge in [-0.25, -0.2) is 4.98 Å². The summed E-state index contributed by atoms with van der Waals surface area (Å²) in [5.74, 6) is 1.53. The Morgan fingerprint density at radius 3 is 3.10 bits per heavy atom. The van der Waals surface area contributed by atoms with Crippen LogP contribution in [0.25, 0.3) is 0 Å². The minimum atomic E-state index is 0.113. The van der Waals surface area contributed by atoms with E-state index in [1.807, 2.05) is 19.1 Å². The number of rotatable bonds is 4. The maximum atomic E-state index is 8.80. The summed E-state index contributed by atoms with van der Waals surface area (Å²) in [6.45, 7) is 4.59. The lowest BCUT2D eigenvalue weighted by atomic mass is 9.99. The lowest BCUT2D eigenvalue weighted by molar-refractivity contribution is 0.143. The monoisotopic (exact) mass is 278 g/mol. The maximum Gasteiger partial charge on any atom is 0.170 e. The molecule has 1 fully saturated rings. The smallest absolute Gasteiger partial charge is 0.170 e. The fourth-order valence-electron chi connectivity index (χ4n) is 2.66. The van der Waals surface area contributed by atoms with Crippen molar-refractivity contribution in [3.63, 3.8) is 0 Å². The molecule has 2 heterocycles. The molecule has 3 N–H and O–H groups in total. The van der Waals surface area contributed by atoms with Crippen LogP contribution in [0.2, 0.25) is 0 Å². The summed E-state index contributed by atoms with van der Waals surface area (Å²) >= 11 is 0. The van der Waals surface area contributed by atoms with Gasteiger partial charge in [0.15, 0.2) is 5.84 Å². The minimum Gasteiger partial charge on any atom is -0.409 e. The third kappa shape index (κ3) is 3.39. The second kappa shape index (κ2) is 6.56. The third-order valence-electron chi connectivity index (χ3n) is 3.59. The van der Waals surface area contributed by atoms with E-state index in [0.29, 0.717) is 11.5 Å². The van der Waals surface area contributed by atoms with E-state index in [9.17, 15) is 0 Å². The normalized spacial score (nSPS) is 20.2. The Kier molecular flexibility index (Phi) is 4.79. The lowest BCUT2D eigenvalue weighted by Gasteiger charge is -2.33. The van der Waals surface area contributed by atoms with Gasteiger partial charge >= 0.3 is 0 Å². The molecule has 2 rings (SSSR count). The van der Waals surface area contributed by atoms with Crippen LogP contribution in [0.1, 0.15) is 24.1 Å². The molecule has 20 heavy (non-hydrogen) atoms. The number of pyridine rings is 1.